The lowest BCUT2D eigenvalue weighted by atomic mass is 10.1. The molecule has 1 fully saturated rings. The lowest BCUT2D eigenvalue weighted by Gasteiger charge is -2.13. The molecule has 0 bridgehead atoms. The minimum Gasteiger partial charge on any atom is -0.457 e. The molecule has 1 aromatic heterocycles. The van der Waals surface area contributed by atoms with Gasteiger partial charge in [0.25, 0.3) is 5.91 Å². The average molecular weight is 433 g/mol. The number of anilines is 1. The zero-order chi connectivity index (χ0) is 22.7. The number of halogens is 1. The van der Waals surface area contributed by atoms with Crippen LogP contribution in [0.1, 0.15) is 18.2 Å². The SMILES string of the molecule is CCc1ccccc1NC(=O)CN1C(=O)N/C(=C/c2ccc(-c3cccc(F)c3)o2)C1=O. The van der Waals surface area contributed by atoms with Crippen molar-refractivity contribution < 1.29 is 23.2 Å². The van der Waals surface area contributed by atoms with Crippen LogP contribution in [-0.4, -0.2) is 29.3 Å². The van der Waals surface area contributed by atoms with Gasteiger partial charge in [-0.25, -0.2) is 14.1 Å². The third kappa shape index (κ3) is 4.44. The van der Waals surface area contributed by atoms with Crippen molar-refractivity contribution in [1.29, 1.82) is 0 Å². The van der Waals surface area contributed by atoms with Gasteiger partial charge in [0.15, 0.2) is 0 Å². The zero-order valence-electron chi connectivity index (χ0n) is 17.2. The van der Waals surface area contributed by atoms with Gasteiger partial charge in [0.2, 0.25) is 5.91 Å². The van der Waals surface area contributed by atoms with Crippen LogP contribution in [0.4, 0.5) is 14.9 Å². The quantitative estimate of drug-likeness (QED) is 0.451. The Balaban J connectivity index is 1.46. The van der Waals surface area contributed by atoms with Gasteiger partial charge >= 0.3 is 6.03 Å². The Morgan fingerprint density at radius 3 is 2.72 bits per heavy atom. The van der Waals surface area contributed by atoms with Gasteiger partial charge in [-0.2, -0.15) is 0 Å². The Kier molecular flexibility index (Phi) is 5.85. The molecule has 4 rings (SSSR count). The topological polar surface area (TPSA) is 91.7 Å². The lowest BCUT2D eigenvalue weighted by Crippen LogP contribution is -2.38. The second-order valence-corrected chi connectivity index (χ2v) is 7.15. The van der Waals surface area contributed by atoms with E-state index in [0.29, 0.717) is 22.8 Å². The van der Waals surface area contributed by atoms with Crippen molar-refractivity contribution >= 4 is 29.6 Å². The monoisotopic (exact) mass is 433 g/mol. The first-order valence-corrected chi connectivity index (χ1v) is 10.0. The van der Waals surface area contributed by atoms with Crippen LogP contribution < -0.4 is 10.6 Å². The van der Waals surface area contributed by atoms with Gasteiger partial charge in [0, 0.05) is 17.3 Å². The van der Waals surface area contributed by atoms with Crippen LogP contribution in [0, 0.1) is 5.82 Å². The Hall–Kier alpha value is -4.20. The van der Waals surface area contributed by atoms with E-state index in [-0.39, 0.29) is 5.70 Å². The first-order valence-electron chi connectivity index (χ1n) is 10.0. The molecule has 0 aliphatic carbocycles. The number of benzene rings is 2. The maximum absolute atomic E-state index is 13.4. The summed E-state index contributed by atoms with van der Waals surface area (Å²) in [6.45, 7) is 1.54. The molecule has 162 valence electrons. The van der Waals surface area contributed by atoms with E-state index >= 15 is 0 Å². The van der Waals surface area contributed by atoms with Crippen molar-refractivity contribution in [2.24, 2.45) is 0 Å². The van der Waals surface area contributed by atoms with Crippen molar-refractivity contribution in [1.82, 2.24) is 10.2 Å². The Morgan fingerprint density at radius 1 is 1.12 bits per heavy atom. The molecule has 0 spiro atoms. The molecule has 0 unspecified atom stereocenters. The molecular weight excluding hydrogens is 413 g/mol. The maximum atomic E-state index is 13.4. The fourth-order valence-electron chi connectivity index (χ4n) is 3.37. The summed E-state index contributed by atoms with van der Waals surface area (Å²) in [4.78, 5) is 38.2. The second kappa shape index (κ2) is 8.89. The van der Waals surface area contributed by atoms with Crippen molar-refractivity contribution in [2.75, 3.05) is 11.9 Å². The normalized spacial score (nSPS) is 14.7. The van der Waals surface area contributed by atoms with E-state index in [9.17, 15) is 18.8 Å². The highest BCUT2D eigenvalue weighted by Crippen LogP contribution is 2.25. The summed E-state index contributed by atoms with van der Waals surface area (Å²) >= 11 is 0. The number of imide groups is 1. The highest BCUT2D eigenvalue weighted by molar-refractivity contribution is 6.15. The van der Waals surface area contributed by atoms with E-state index in [1.165, 1.54) is 18.2 Å². The molecule has 8 heteroatoms. The predicted molar refractivity (Wildman–Crippen MR) is 117 cm³/mol. The molecular formula is C24H20FN3O4. The fraction of sp³-hybridized carbons (Fsp3) is 0.125. The molecule has 1 aliphatic heterocycles. The van der Waals surface area contributed by atoms with Crippen LogP contribution in [0.3, 0.4) is 0 Å². The molecule has 2 heterocycles. The molecule has 2 aromatic carbocycles. The minimum absolute atomic E-state index is 0.0168. The first-order chi connectivity index (χ1) is 15.4. The Morgan fingerprint density at radius 2 is 1.94 bits per heavy atom. The molecule has 1 aliphatic rings. The van der Waals surface area contributed by atoms with E-state index in [2.05, 4.69) is 10.6 Å². The summed E-state index contributed by atoms with van der Waals surface area (Å²) in [5.74, 6) is -0.803. The molecule has 0 atom stereocenters. The van der Waals surface area contributed by atoms with E-state index < -0.39 is 30.2 Å². The third-order valence-corrected chi connectivity index (χ3v) is 4.96. The number of hydrogen-bond acceptors (Lipinski definition) is 4. The van der Waals surface area contributed by atoms with Crippen LogP contribution >= 0.6 is 0 Å². The largest absolute Gasteiger partial charge is 0.457 e. The van der Waals surface area contributed by atoms with Crippen LogP contribution in [0.25, 0.3) is 17.4 Å². The molecule has 0 saturated carbocycles. The molecule has 4 amide bonds. The number of carbonyl (C=O) groups is 3. The summed E-state index contributed by atoms with van der Waals surface area (Å²) in [5.41, 5.74) is 2.12. The van der Waals surface area contributed by atoms with Crippen LogP contribution in [0.15, 0.2) is 70.8 Å². The highest BCUT2D eigenvalue weighted by atomic mass is 19.1. The standard InChI is InChI=1S/C24H20FN3O4/c1-2-15-6-3-4-9-19(15)26-22(29)14-28-23(30)20(27-24(28)31)13-18-10-11-21(32-18)16-7-5-8-17(25)12-16/h3-13H,2,14H2,1H3,(H,26,29)(H,27,31)/b20-13+. The highest BCUT2D eigenvalue weighted by Gasteiger charge is 2.35. The van der Waals surface area contributed by atoms with Gasteiger partial charge in [-0.3, -0.25) is 9.59 Å². The van der Waals surface area contributed by atoms with Gasteiger partial charge in [-0.15, -0.1) is 0 Å². The van der Waals surface area contributed by atoms with Crippen molar-refractivity contribution in [2.45, 2.75) is 13.3 Å². The number of nitrogens with zero attached hydrogens (tertiary/aromatic N) is 1. The van der Waals surface area contributed by atoms with Gasteiger partial charge in [0.1, 0.15) is 29.6 Å². The number of para-hydroxylation sites is 1. The molecule has 0 radical (unpaired) electrons. The van der Waals surface area contributed by atoms with Crippen molar-refractivity contribution in [3.63, 3.8) is 0 Å². The first kappa shape index (κ1) is 21.0. The number of amides is 4. The summed E-state index contributed by atoms with van der Waals surface area (Å²) in [6.07, 6.45) is 2.10. The summed E-state index contributed by atoms with van der Waals surface area (Å²) in [7, 11) is 0. The van der Waals surface area contributed by atoms with Gasteiger partial charge < -0.3 is 15.1 Å². The summed E-state index contributed by atoms with van der Waals surface area (Å²) < 4.78 is 19.1. The zero-order valence-corrected chi connectivity index (χ0v) is 17.2. The van der Waals surface area contributed by atoms with Crippen LogP contribution in [0.2, 0.25) is 0 Å². The molecule has 2 N–H and O–H groups in total. The second-order valence-electron chi connectivity index (χ2n) is 7.15. The van der Waals surface area contributed by atoms with Gasteiger partial charge in [-0.05, 0) is 42.3 Å². The Bertz CT molecular complexity index is 1230. The van der Waals surface area contributed by atoms with Gasteiger partial charge in [0.05, 0.1) is 0 Å². The number of carbonyl (C=O) groups excluding carboxylic acids is 3. The number of nitrogens with one attached hydrogen (secondary N) is 2. The van der Waals surface area contributed by atoms with E-state index in [0.717, 1.165) is 16.9 Å². The Labute approximate surface area is 183 Å². The average Bonchev–Trinajstić information content (AvgIpc) is 3.34. The number of furan rings is 1. The third-order valence-electron chi connectivity index (χ3n) is 4.96. The number of urea groups is 1. The van der Waals surface area contributed by atoms with Crippen molar-refractivity contribution in [3.8, 4) is 11.3 Å². The molecule has 32 heavy (non-hydrogen) atoms. The van der Waals surface area contributed by atoms with Gasteiger partial charge in [-0.1, -0.05) is 37.3 Å². The van der Waals surface area contributed by atoms with Crippen LogP contribution in [-0.2, 0) is 16.0 Å². The summed E-state index contributed by atoms with van der Waals surface area (Å²) in [5, 5.41) is 5.19. The lowest BCUT2D eigenvalue weighted by molar-refractivity contribution is -0.127. The molecule has 3 aromatic rings. The van der Waals surface area contributed by atoms with E-state index in [4.69, 9.17) is 4.42 Å². The number of aryl methyl sites for hydroxylation is 1. The van der Waals surface area contributed by atoms with Crippen molar-refractivity contribution in [3.05, 3.63) is 83.5 Å². The minimum atomic E-state index is -0.697. The molecule has 7 nitrogen and oxygen atoms in total. The fourth-order valence-corrected chi connectivity index (χ4v) is 3.37. The predicted octanol–water partition coefficient (Wildman–Crippen LogP) is 4.18. The molecule has 1 saturated heterocycles. The smallest absolute Gasteiger partial charge is 0.329 e. The van der Waals surface area contributed by atoms with Crippen LogP contribution in [0.5, 0.6) is 0 Å². The summed E-state index contributed by atoms with van der Waals surface area (Å²) in [6, 6.07) is 15.8. The van der Waals surface area contributed by atoms with E-state index in [1.807, 2.05) is 19.1 Å². The maximum Gasteiger partial charge on any atom is 0.329 e. The number of rotatable bonds is 6. The number of hydrogen-bond donors (Lipinski definition) is 2. The van der Waals surface area contributed by atoms with E-state index in [1.54, 1.807) is 36.4 Å².